The standard InChI is InChI=1S/C25H17ClF8N2/c1-3-8-23(22-7-5-18(26)13-35-22,16-10-17(24(29,30)31)12-19(27)11-16)36-14(2)15-4-6-21(28)20(9-15)25(32,33)34/h3-7,9-13,36H,1-2,8H2/t23-/m1/s1. The Balaban J connectivity index is 2.24. The zero-order valence-corrected chi connectivity index (χ0v) is 19.0. The van der Waals surface area contributed by atoms with Crippen molar-refractivity contribution in [1.82, 2.24) is 10.3 Å². The molecule has 0 aliphatic carbocycles. The second-order valence-electron chi connectivity index (χ2n) is 7.78. The molecule has 0 unspecified atom stereocenters. The lowest BCUT2D eigenvalue weighted by molar-refractivity contribution is -0.140. The number of benzene rings is 2. The lowest BCUT2D eigenvalue weighted by atomic mass is 9.81. The molecular weight excluding hydrogens is 516 g/mol. The van der Waals surface area contributed by atoms with Crippen LogP contribution < -0.4 is 5.32 Å². The number of nitrogens with zero attached hydrogens (tertiary/aromatic N) is 1. The lowest BCUT2D eigenvalue weighted by Gasteiger charge is -2.36. The van der Waals surface area contributed by atoms with E-state index >= 15 is 0 Å². The monoisotopic (exact) mass is 532 g/mol. The van der Waals surface area contributed by atoms with Crippen LogP contribution in [0.25, 0.3) is 5.70 Å². The highest BCUT2D eigenvalue weighted by Gasteiger charge is 2.40. The summed E-state index contributed by atoms with van der Waals surface area (Å²) < 4.78 is 108. The second-order valence-corrected chi connectivity index (χ2v) is 8.22. The minimum absolute atomic E-state index is 0.0461. The summed E-state index contributed by atoms with van der Waals surface area (Å²) in [4.78, 5) is 4.16. The summed E-state index contributed by atoms with van der Waals surface area (Å²) in [5.74, 6) is -2.73. The fourth-order valence-corrected chi connectivity index (χ4v) is 3.77. The van der Waals surface area contributed by atoms with Gasteiger partial charge in [0.15, 0.2) is 0 Å². The molecule has 3 rings (SSSR count). The zero-order valence-electron chi connectivity index (χ0n) is 18.2. The molecule has 2 aromatic carbocycles. The van der Waals surface area contributed by atoms with Crippen molar-refractivity contribution < 1.29 is 35.1 Å². The molecule has 0 amide bonds. The van der Waals surface area contributed by atoms with E-state index in [0.29, 0.717) is 24.3 Å². The first-order chi connectivity index (χ1) is 16.7. The minimum atomic E-state index is -5.01. The average Bonchev–Trinajstić information content (AvgIpc) is 2.77. The number of rotatable bonds is 7. The summed E-state index contributed by atoms with van der Waals surface area (Å²) >= 11 is 5.90. The van der Waals surface area contributed by atoms with E-state index < -0.39 is 40.7 Å². The zero-order chi connectivity index (χ0) is 26.9. The van der Waals surface area contributed by atoms with Gasteiger partial charge in [-0.3, -0.25) is 4.98 Å². The molecule has 1 N–H and O–H groups in total. The Hall–Kier alpha value is -3.40. The van der Waals surface area contributed by atoms with Gasteiger partial charge in [0.1, 0.15) is 17.2 Å². The maximum absolute atomic E-state index is 14.4. The van der Waals surface area contributed by atoms with Gasteiger partial charge in [-0.15, -0.1) is 6.58 Å². The minimum Gasteiger partial charge on any atom is -0.370 e. The third kappa shape index (κ3) is 5.70. The normalized spacial score (nSPS) is 13.7. The van der Waals surface area contributed by atoms with Crippen molar-refractivity contribution in [3.63, 3.8) is 0 Å². The first-order valence-electron chi connectivity index (χ1n) is 10.1. The number of pyridine rings is 1. The van der Waals surface area contributed by atoms with Gasteiger partial charge in [0.2, 0.25) is 0 Å². The predicted octanol–water partition coefficient (Wildman–Crippen LogP) is 8.13. The topological polar surface area (TPSA) is 24.9 Å². The quantitative estimate of drug-likeness (QED) is 0.245. The largest absolute Gasteiger partial charge is 0.419 e. The summed E-state index contributed by atoms with van der Waals surface area (Å²) in [6.07, 6.45) is -7.61. The highest BCUT2D eigenvalue weighted by atomic mass is 35.5. The highest BCUT2D eigenvalue weighted by Crippen LogP contribution is 2.40. The Morgan fingerprint density at radius 1 is 0.917 bits per heavy atom. The summed E-state index contributed by atoms with van der Waals surface area (Å²) in [6.45, 7) is 7.31. The van der Waals surface area contributed by atoms with Gasteiger partial charge in [0, 0.05) is 11.9 Å². The molecule has 0 spiro atoms. The van der Waals surface area contributed by atoms with Crippen LogP contribution in [0.2, 0.25) is 5.02 Å². The smallest absolute Gasteiger partial charge is 0.370 e. The van der Waals surface area contributed by atoms with Crippen molar-refractivity contribution in [3.05, 3.63) is 119 Å². The van der Waals surface area contributed by atoms with Crippen LogP contribution in [-0.2, 0) is 17.9 Å². The van der Waals surface area contributed by atoms with Crippen molar-refractivity contribution in [1.29, 1.82) is 0 Å². The third-order valence-electron chi connectivity index (χ3n) is 5.32. The van der Waals surface area contributed by atoms with E-state index in [-0.39, 0.29) is 34.0 Å². The van der Waals surface area contributed by atoms with Crippen molar-refractivity contribution >= 4 is 17.3 Å². The van der Waals surface area contributed by atoms with Gasteiger partial charge >= 0.3 is 12.4 Å². The van der Waals surface area contributed by atoms with Crippen LogP contribution in [0.15, 0.2) is 74.0 Å². The second kappa shape index (κ2) is 9.93. The lowest BCUT2D eigenvalue weighted by Crippen LogP contribution is -2.43. The molecule has 0 fully saturated rings. The van der Waals surface area contributed by atoms with Crippen LogP contribution in [0.3, 0.4) is 0 Å². The first kappa shape index (κ1) is 27.2. The molecule has 0 aliphatic rings. The number of halogens is 9. The van der Waals surface area contributed by atoms with Crippen LogP contribution >= 0.6 is 11.6 Å². The number of alkyl halides is 6. The molecule has 0 aliphatic heterocycles. The number of nitrogens with one attached hydrogen (secondary N) is 1. The van der Waals surface area contributed by atoms with E-state index in [1.165, 1.54) is 24.4 Å². The average molecular weight is 533 g/mol. The summed E-state index contributed by atoms with van der Waals surface area (Å²) in [5, 5.41) is 3.00. The van der Waals surface area contributed by atoms with E-state index in [1.807, 2.05) is 0 Å². The van der Waals surface area contributed by atoms with Gasteiger partial charge in [0.25, 0.3) is 0 Å². The van der Waals surface area contributed by atoms with Gasteiger partial charge < -0.3 is 5.32 Å². The van der Waals surface area contributed by atoms with E-state index in [2.05, 4.69) is 23.5 Å². The molecule has 190 valence electrons. The van der Waals surface area contributed by atoms with Crippen molar-refractivity contribution in [2.24, 2.45) is 0 Å². The number of hydrogen-bond acceptors (Lipinski definition) is 2. The van der Waals surface area contributed by atoms with Crippen molar-refractivity contribution in [2.75, 3.05) is 0 Å². The number of aromatic nitrogens is 1. The van der Waals surface area contributed by atoms with Gasteiger partial charge in [-0.25, -0.2) is 8.78 Å². The van der Waals surface area contributed by atoms with Crippen LogP contribution in [0, 0.1) is 11.6 Å². The molecule has 0 saturated carbocycles. The molecule has 1 heterocycles. The van der Waals surface area contributed by atoms with Gasteiger partial charge in [-0.2, -0.15) is 26.3 Å². The SMILES string of the molecule is C=CC[C@@](NC(=C)c1ccc(F)c(C(F)(F)F)c1)(c1cc(F)cc(C(F)(F)F)c1)c1ccc(Cl)cn1. The Bertz CT molecular complexity index is 1280. The molecule has 1 atom stereocenters. The van der Waals surface area contributed by atoms with Crippen LogP contribution in [0.5, 0.6) is 0 Å². The van der Waals surface area contributed by atoms with E-state index in [4.69, 9.17) is 11.6 Å². The molecule has 11 heteroatoms. The fraction of sp³-hybridized carbons (Fsp3) is 0.160. The molecule has 2 nitrogen and oxygen atoms in total. The summed E-state index contributed by atoms with van der Waals surface area (Å²) in [6, 6.07) is 6.68. The molecule has 0 bridgehead atoms. The fourth-order valence-electron chi connectivity index (χ4n) is 3.66. The maximum atomic E-state index is 14.4. The van der Waals surface area contributed by atoms with Crippen LogP contribution in [0.4, 0.5) is 35.1 Å². The first-order valence-corrected chi connectivity index (χ1v) is 10.5. The van der Waals surface area contributed by atoms with E-state index in [9.17, 15) is 35.1 Å². The van der Waals surface area contributed by atoms with Gasteiger partial charge in [0.05, 0.1) is 21.8 Å². The van der Waals surface area contributed by atoms with Crippen LogP contribution in [0.1, 0.15) is 34.4 Å². The molecular formula is C25H17ClF8N2. The Kier molecular flexibility index (Phi) is 7.50. The molecule has 0 radical (unpaired) electrons. The predicted molar refractivity (Wildman–Crippen MR) is 120 cm³/mol. The Morgan fingerprint density at radius 2 is 1.58 bits per heavy atom. The molecule has 3 aromatic rings. The van der Waals surface area contributed by atoms with Crippen LogP contribution in [-0.4, -0.2) is 4.98 Å². The highest BCUT2D eigenvalue weighted by molar-refractivity contribution is 6.30. The summed E-state index contributed by atoms with van der Waals surface area (Å²) in [5.41, 5.74) is -5.29. The van der Waals surface area contributed by atoms with E-state index in [0.717, 1.165) is 12.1 Å². The molecule has 36 heavy (non-hydrogen) atoms. The van der Waals surface area contributed by atoms with Gasteiger partial charge in [-0.05, 0) is 66.1 Å². The number of hydrogen-bond donors (Lipinski definition) is 1. The summed E-state index contributed by atoms with van der Waals surface area (Å²) in [7, 11) is 0. The Labute approximate surface area is 205 Å². The molecule has 1 aromatic heterocycles. The maximum Gasteiger partial charge on any atom is 0.419 e. The Morgan fingerprint density at radius 3 is 2.14 bits per heavy atom. The van der Waals surface area contributed by atoms with Gasteiger partial charge in [-0.1, -0.05) is 24.3 Å². The third-order valence-corrected chi connectivity index (χ3v) is 5.54. The van der Waals surface area contributed by atoms with Crippen molar-refractivity contribution in [3.8, 4) is 0 Å². The van der Waals surface area contributed by atoms with E-state index in [1.54, 1.807) is 0 Å². The molecule has 0 saturated heterocycles. The van der Waals surface area contributed by atoms with Crippen molar-refractivity contribution in [2.45, 2.75) is 24.3 Å².